The molecule has 1 amide bonds. The molecule has 0 radical (unpaired) electrons. The molecule has 0 bridgehead atoms. The molecule has 1 aliphatic heterocycles. The number of hydrogen-bond donors (Lipinski definition) is 2. The second-order valence-corrected chi connectivity index (χ2v) is 7.83. The molecule has 7 nitrogen and oxygen atoms in total. The largest absolute Gasteiger partial charge is 0.394 e. The van der Waals surface area contributed by atoms with E-state index in [4.69, 9.17) is 4.74 Å². The van der Waals surface area contributed by atoms with Crippen molar-refractivity contribution in [1.82, 2.24) is 9.62 Å². The highest BCUT2D eigenvalue weighted by atomic mass is 32.2. The molecule has 1 rings (SSSR count). The molecule has 0 saturated carbocycles. The van der Waals surface area contributed by atoms with E-state index in [1.165, 1.54) is 0 Å². The maximum Gasteiger partial charge on any atom is 0.241 e. The van der Waals surface area contributed by atoms with Crippen molar-refractivity contribution in [1.29, 1.82) is 0 Å². The number of carbonyl (C=O) groups is 1. The van der Waals surface area contributed by atoms with Gasteiger partial charge in [-0.15, -0.1) is 0 Å². The molecule has 0 aromatic rings. The molecule has 8 heteroatoms. The number of rotatable bonds is 6. The summed E-state index contributed by atoms with van der Waals surface area (Å²) in [5.74, 6) is -0.0819. The van der Waals surface area contributed by atoms with Crippen LogP contribution in [0.25, 0.3) is 0 Å². The molecular weight excluding hydrogens is 296 g/mol. The van der Waals surface area contributed by atoms with E-state index in [1.54, 1.807) is 4.90 Å². The van der Waals surface area contributed by atoms with Crippen molar-refractivity contribution in [3.05, 3.63) is 0 Å². The molecule has 1 heterocycles. The number of aliphatic hydroxyl groups excluding tert-OH is 1. The average molecular weight is 322 g/mol. The van der Waals surface area contributed by atoms with Crippen LogP contribution >= 0.6 is 0 Å². The van der Waals surface area contributed by atoms with E-state index in [9.17, 15) is 18.3 Å². The predicted octanol–water partition coefficient (Wildman–Crippen LogP) is -0.441. The number of carbonyl (C=O) groups excluding carboxylic acids is 1. The van der Waals surface area contributed by atoms with Gasteiger partial charge in [-0.05, 0) is 19.3 Å². The van der Waals surface area contributed by atoms with Crippen LogP contribution in [0.3, 0.4) is 0 Å². The third kappa shape index (κ3) is 5.90. The Hall–Kier alpha value is -0.700. The monoisotopic (exact) mass is 322 g/mol. The smallest absolute Gasteiger partial charge is 0.241 e. The average Bonchev–Trinajstić information content (AvgIpc) is 2.35. The van der Waals surface area contributed by atoms with Crippen LogP contribution in [0.4, 0.5) is 0 Å². The Morgan fingerprint density at radius 2 is 2.10 bits per heavy atom. The minimum absolute atomic E-state index is 0.142. The van der Waals surface area contributed by atoms with Gasteiger partial charge in [-0.1, -0.05) is 13.8 Å². The highest BCUT2D eigenvalue weighted by Gasteiger charge is 2.34. The summed E-state index contributed by atoms with van der Waals surface area (Å²) in [7, 11) is -3.47. The zero-order valence-electron chi connectivity index (χ0n) is 13.1. The third-order valence-electron chi connectivity index (χ3n) is 3.35. The van der Waals surface area contributed by atoms with Crippen LogP contribution in [-0.2, 0) is 19.6 Å². The fraction of sp³-hybridized carbons (Fsp3) is 0.923. The van der Waals surface area contributed by atoms with Crippen molar-refractivity contribution in [2.75, 3.05) is 26.0 Å². The van der Waals surface area contributed by atoms with Crippen molar-refractivity contribution in [3.63, 3.8) is 0 Å². The summed E-state index contributed by atoms with van der Waals surface area (Å²) >= 11 is 0. The summed E-state index contributed by atoms with van der Waals surface area (Å²) < 4.78 is 30.7. The Labute approximate surface area is 126 Å². The SMILES string of the molecule is CC(C)CC(NS(C)(=O)=O)C(=O)N1CC(CO)OCC1C. The molecule has 0 spiro atoms. The van der Waals surface area contributed by atoms with Crippen LogP contribution in [0.15, 0.2) is 0 Å². The van der Waals surface area contributed by atoms with Gasteiger partial charge in [0, 0.05) is 6.54 Å². The number of ether oxygens (including phenoxy) is 1. The van der Waals surface area contributed by atoms with Gasteiger partial charge < -0.3 is 14.7 Å². The Balaban J connectivity index is 2.87. The molecule has 0 aromatic heterocycles. The second kappa shape index (κ2) is 7.53. The Morgan fingerprint density at radius 3 is 2.57 bits per heavy atom. The zero-order chi connectivity index (χ0) is 16.2. The highest BCUT2D eigenvalue weighted by molar-refractivity contribution is 7.88. The minimum atomic E-state index is -3.47. The van der Waals surface area contributed by atoms with Gasteiger partial charge >= 0.3 is 0 Å². The molecule has 0 aromatic carbocycles. The first kappa shape index (κ1) is 18.3. The van der Waals surface area contributed by atoms with E-state index in [1.807, 2.05) is 20.8 Å². The van der Waals surface area contributed by atoms with E-state index < -0.39 is 22.2 Å². The lowest BCUT2D eigenvalue weighted by Gasteiger charge is -2.39. The third-order valence-corrected chi connectivity index (χ3v) is 4.07. The maximum absolute atomic E-state index is 12.6. The number of aliphatic hydroxyl groups is 1. The van der Waals surface area contributed by atoms with E-state index >= 15 is 0 Å². The number of sulfonamides is 1. The first-order valence-electron chi connectivity index (χ1n) is 7.14. The molecule has 3 atom stereocenters. The standard InChI is InChI=1S/C13H26N2O5S/c1-9(2)5-12(14-21(4,18)19)13(17)15-6-11(7-16)20-8-10(15)3/h9-12,14,16H,5-8H2,1-4H3. The van der Waals surface area contributed by atoms with E-state index in [0.717, 1.165) is 6.26 Å². The van der Waals surface area contributed by atoms with Crippen LogP contribution in [0.1, 0.15) is 27.2 Å². The van der Waals surface area contributed by atoms with Crippen LogP contribution in [0.2, 0.25) is 0 Å². The van der Waals surface area contributed by atoms with E-state index in [-0.39, 0.29) is 31.0 Å². The number of hydrogen-bond acceptors (Lipinski definition) is 5. The normalized spacial score (nSPS) is 25.1. The molecule has 0 aliphatic carbocycles. The highest BCUT2D eigenvalue weighted by Crippen LogP contribution is 2.16. The van der Waals surface area contributed by atoms with E-state index in [0.29, 0.717) is 13.0 Å². The molecule has 21 heavy (non-hydrogen) atoms. The Morgan fingerprint density at radius 1 is 1.48 bits per heavy atom. The second-order valence-electron chi connectivity index (χ2n) is 6.05. The van der Waals surface area contributed by atoms with E-state index in [2.05, 4.69) is 4.72 Å². The molecule has 1 saturated heterocycles. The quantitative estimate of drug-likeness (QED) is 0.691. The van der Waals surface area contributed by atoms with Crippen LogP contribution < -0.4 is 4.72 Å². The summed E-state index contributed by atoms with van der Waals surface area (Å²) in [4.78, 5) is 14.2. The van der Waals surface area contributed by atoms with Crippen molar-refractivity contribution < 1.29 is 23.1 Å². The number of nitrogens with zero attached hydrogens (tertiary/aromatic N) is 1. The lowest BCUT2D eigenvalue weighted by molar-refractivity contribution is -0.148. The van der Waals surface area contributed by atoms with Crippen LogP contribution in [0, 0.1) is 5.92 Å². The first-order valence-corrected chi connectivity index (χ1v) is 9.03. The fourth-order valence-corrected chi connectivity index (χ4v) is 3.08. The predicted molar refractivity (Wildman–Crippen MR) is 79.2 cm³/mol. The van der Waals surface area contributed by atoms with Gasteiger partial charge in [-0.25, -0.2) is 13.1 Å². The van der Waals surface area contributed by atoms with Gasteiger partial charge in [0.1, 0.15) is 6.04 Å². The van der Waals surface area contributed by atoms with Crippen molar-refractivity contribution in [3.8, 4) is 0 Å². The molecule has 2 N–H and O–H groups in total. The number of amides is 1. The van der Waals surface area contributed by atoms with Crippen molar-refractivity contribution in [2.45, 2.75) is 45.4 Å². The van der Waals surface area contributed by atoms with Crippen molar-refractivity contribution in [2.24, 2.45) is 5.92 Å². The topological polar surface area (TPSA) is 95.9 Å². The summed E-state index contributed by atoms with van der Waals surface area (Å²) in [5.41, 5.74) is 0. The molecule has 1 aliphatic rings. The van der Waals surface area contributed by atoms with Crippen molar-refractivity contribution >= 4 is 15.9 Å². The van der Waals surface area contributed by atoms with Crippen LogP contribution in [-0.4, -0.2) is 68.5 Å². The van der Waals surface area contributed by atoms with Crippen LogP contribution in [0.5, 0.6) is 0 Å². The Kier molecular flexibility index (Phi) is 6.58. The summed E-state index contributed by atoms with van der Waals surface area (Å²) in [6.45, 7) is 6.16. The van der Waals surface area contributed by atoms with Gasteiger partial charge in [0.05, 0.1) is 31.6 Å². The van der Waals surface area contributed by atoms with Gasteiger partial charge in [0.25, 0.3) is 0 Å². The van der Waals surface area contributed by atoms with Gasteiger partial charge in [0.15, 0.2) is 0 Å². The summed E-state index contributed by atoms with van der Waals surface area (Å²) in [6.07, 6.45) is 1.07. The number of morpholine rings is 1. The lowest BCUT2D eigenvalue weighted by atomic mass is 10.0. The fourth-order valence-electron chi connectivity index (χ4n) is 2.36. The van der Waals surface area contributed by atoms with Gasteiger partial charge in [-0.3, -0.25) is 4.79 Å². The summed E-state index contributed by atoms with van der Waals surface area (Å²) in [5, 5.41) is 9.17. The maximum atomic E-state index is 12.6. The summed E-state index contributed by atoms with van der Waals surface area (Å²) in [6, 6.07) is -0.920. The number of nitrogens with one attached hydrogen (secondary N) is 1. The molecule has 3 unspecified atom stereocenters. The first-order chi connectivity index (χ1) is 9.64. The van der Waals surface area contributed by atoms with Gasteiger partial charge in [0.2, 0.25) is 15.9 Å². The van der Waals surface area contributed by atoms with Gasteiger partial charge in [-0.2, -0.15) is 0 Å². The molecule has 1 fully saturated rings. The Bertz CT molecular complexity index is 451. The molecular formula is C13H26N2O5S. The lowest BCUT2D eigenvalue weighted by Crippen LogP contribution is -2.57. The zero-order valence-corrected chi connectivity index (χ0v) is 13.9. The minimum Gasteiger partial charge on any atom is -0.394 e. The molecule has 124 valence electrons.